The van der Waals surface area contributed by atoms with Crippen molar-refractivity contribution in [3.8, 4) is 11.1 Å². The normalized spacial score (nSPS) is 10.4. The standard InChI is InChI=1S/C22H27N3O3/c1-4-25(15-20(26)24-16(2)3)21(27)14-23-22(28)19-12-10-18(11-13-19)17-8-6-5-7-9-17/h5-13,16H,4,14-15H2,1-3H3,(H,23,28)(H,24,26). The van der Waals surface area contributed by atoms with Gasteiger partial charge in [-0.15, -0.1) is 0 Å². The van der Waals surface area contributed by atoms with E-state index in [4.69, 9.17) is 0 Å². The molecule has 3 amide bonds. The van der Waals surface area contributed by atoms with Crippen molar-refractivity contribution in [2.45, 2.75) is 26.8 Å². The molecule has 6 heteroatoms. The van der Waals surface area contributed by atoms with Crippen LogP contribution >= 0.6 is 0 Å². The average Bonchev–Trinajstić information content (AvgIpc) is 2.70. The molecule has 0 atom stereocenters. The van der Waals surface area contributed by atoms with Crippen LogP contribution in [0.5, 0.6) is 0 Å². The van der Waals surface area contributed by atoms with E-state index >= 15 is 0 Å². The summed E-state index contributed by atoms with van der Waals surface area (Å²) >= 11 is 0. The summed E-state index contributed by atoms with van der Waals surface area (Å²) < 4.78 is 0. The van der Waals surface area contributed by atoms with Crippen LogP contribution in [0, 0.1) is 0 Å². The number of likely N-dealkylation sites (N-methyl/N-ethyl adjacent to an activating group) is 1. The Morgan fingerprint density at radius 2 is 1.54 bits per heavy atom. The topological polar surface area (TPSA) is 78.5 Å². The SMILES string of the molecule is CCN(CC(=O)NC(C)C)C(=O)CNC(=O)c1ccc(-c2ccccc2)cc1. The van der Waals surface area contributed by atoms with Crippen molar-refractivity contribution in [3.63, 3.8) is 0 Å². The molecule has 0 aromatic heterocycles. The first-order valence-electron chi connectivity index (χ1n) is 9.41. The first-order valence-corrected chi connectivity index (χ1v) is 9.41. The smallest absolute Gasteiger partial charge is 0.251 e. The van der Waals surface area contributed by atoms with Gasteiger partial charge in [0.15, 0.2) is 0 Å². The van der Waals surface area contributed by atoms with Gasteiger partial charge in [0.25, 0.3) is 5.91 Å². The molecule has 0 heterocycles. The molecule has 2 aromatic rings. The van der Waals surface area contributed by atoms with Gasteiger partial charge in [-0.05, 0) is 44.0 Å². The Morgan fingerprint density at radius 3 is 2.11 bits per heavy atom. The molecule has 0 saturated heterocycles. The highest BCUT2D eigenvalue weighted by atomic mass is 16.2. The lowest BCUT2D eigenvalue weighted by atomic mass is 10.0. The van der Waals surface area contributed by atoms with Crippen LogP contribution in [0.4, 0.5) is 0 Å². The average molecular weight is 381 g/mol. The highest BCUT2D eigenvalue weighted by Gasteiger charge is 2.17. The molecule has 0 saturated carbocycles. The third-order valence-electron chi connectivity index (χ3n) is 4.17. The van der Waals surface area contributed by atoms with Crippen molar-refractivity contribution in [1.29, 1.82) is 0 Å². The van der Waals surface area contributed by atoms with Crippen molar-refractivity contribution in [1.82, 2.24) is 15.5 Å². The van der Waals surface area contributed by atoms with Crippen LogP contribution in [0.25, 0.3) is 11.1 Å². The highest BCUT2D eigenvalue weighted by molar-refractivity contribution is 5.97. The van der Waals surface area contributed by atoms with E-state index in [1.165, 1.54) is 4.90 Å². The van der Waals surface area contributed by atoms with Crippen molar-refractivity contribution in [2.75, 3.05) is 19.6 Å². The maximum atomic E-state index is 12.3. The molecule has 0 aliphatic heterocycles. The van der Waals surface area contributed by atoms with Crippen molar-refractivity contribution >= 4 is 17.7 Å². The second-order valence-electron chi connectivity index (χ2n) is 6.76. The van der Waals surface area contributed by atoms with Crippen LogP contribution in [0.1, 0.15) is 31.1 Å². The molecule has 0 spiro atoms. The van der Waals surface area contributed by atoms with Gasteiger partial charge in [0.1, 0.15) is 0 Å². The van der Waals surface area contributed by atoms with Crippen LogP contribution in [-0.4, -0.2) is 48.3 Å². The summed E-state index contributed by atoms with van der Waals surface area (Å²) in [6, 6.07) is 17.1. The number of benzene rings is 2. The molecule has 0 aliphatic rings. The van der Waals surface area contributed by atoms with Crippen LogP contribution < -0.4 is 10.6 Å². The Labute approximate surface area is 165 Å². The van der Waals surface area contributed by atoms with E-state index in [0.29, 0.717) is 12.1 Å². The molecule has 6 nitrogen and oxygen atoms in total. The number of nitrogens with zero attached hydrogens (tertiary/aromatic N) is 1. The number of amides is 3. The summed E-state index contributed by atoms with van der Waals surface area (Å²) in [5, 5.41) is 5.38. The lowest BCUT2D eigenvalue weighted by Gasteiger charge is -2.21. The molecule has 0 unspecified atom stereocenters. The van der Waals surface area contributed by atoms with E-state index in [0.717, 1.165) is 11.1 Å². The molecule has 0 aliphatic carbocycles. The number of carbonyl (C=O) groups excluding carboxylic acids is 3. The zero-order valence-electron chi connectivity index (χ0n) is 16.6. The molecule has 2 rings (SSSR count). The molecule has 0 bridgehead atoms. The number of carbonyl (C=O) groups is 3. The Hall–Kier alpha value is -3.15. The molecule has 148 valence electrons. The van der Waals surface area contributed by atoms with E-state index in [2.05, 4.69) is 10.6 Å². The highest BCUT2D eigenvalue weighted by Crippen LogP contribution is 2.19. The second-order valence-corrected chi connectivity index (χ2v) is 6.76. The zero-order chi connectivity index (χ0) is 20.5. The van der Waals surface area contributed by atoms with E-state index in [1.807, 2.05) is 56.3 Å². The van der Waals surface area contributed by atoms with E-state index in [-0.39, 0.29) is 36.9 Å². The predicted molar refractivity (Wildman–Crippen MR) is 110 cm³/mol. The van der Waals surface area contributed by atoms with E-state index in [9.17, 15) is 14.4 Å². The van der Waals surface area contributed by atoms with Gasteiger partial charge in [-0.1, -0.05) is 42.5 Å². The van der Waals surface area contributed by atoms with Crippen LogP contribution in [0.2, 0.25) is 0 Å². The third kappa shape index (κ3) is 6.23. The van der Waals surface area contributed by atoms with E-state index < -0.39 is 0 Å². The first-order chi connectivity index (χ1) is 13.4. The molecule has 0 radical (unpaired) electrons. The van der Waals surface area contributed by atoms with Gasteiger partial charge >= 0.3 is 0 Å². The number of rotatable bonds is 8. The maximum Gasteiger partial charge on any atom is 0.251 e. The van der Waals surface area contributed by atoms with Gasteiger partial charge in [-0.25, -0.2) is 0 Å². The third-order valence-corrected chi connectivity index (χ3v) is 4.17. The molecule has 28 heavy (non-hydrogen) atoms. The zero-order valence-corrected chi connectivity index (χ0v) is 16.6. The lowest BCUT2D eigenvalue weighted by Crippen LogP contribution is -2.46. The van der Waals surface area contributed by atoms with Gasteiger partial charge in [0, 0.05) is 18.2 Å². The minimum absolute atomic E-state index is 0.0138. The van der Waals surface area contributed by atoms with Crippen molar-refractivity contribution in [2.24, 2.45) is 0 Å². The largest absolute Gasteiger partial charge is 0.352 e. The monoisotopic (exact) mass is 381 g/mol. The Bertz CT molecular complexity index is 802. The quantitative estimate of drug-likeness (QED) is 0.737. The van der Waals surface area contributed by atoms with Gasteiger partial charge in [0.05, 0.1) is 13.1 Å². The summed E-state index contributed by atoms with van der Waals surface area (Å²) in [5.74, 6) is -0.834. The van der Waals surface area contributed by atoms with Crippen molar-refractivity contribution < 1.29 is 14.4 Å². The first kappa shape index (κ1) is 21.2. The molecule has 0 fully saturated rings. The Morgan fingerprint density at radius 1 is 0.929 bits per heavy atom. The maximum absolute atomic E-state index is 12.3. The van der Waals surface area contributed by atoms with E-state index in [1.54, 1.807) is 19.1 Å². The Balaban J connectivity index is 1.90. The minimum atomic E-state index is -0.323. The number of hydrogen-bond donors (Lipinski definition) is 2. The fourth-order valence-corrected chi connectivity index (χ4v) is 2.73. The summed E-state index contributed by atoms with van der Waals surface area (Å²) in [6.45, 7) is 5.74. The summed E-state index contributed by atoms with van der Waals surface area (Å²) in [4.78, 5) is 37.9. The molecular formula is C22H27N3O3. The predicted octanol–water partition coefficient (Wildman–Crippen LogP) is 2.46. The lowest BCUT2D eigenvalue weighted by molar-refractivity contribution is -0.135. The van der Waals surface area contributed by atoms with Gasteiger partial charge in [0.2, 0.25) is 11.8 Å². The molecular weight excluding hydrogens is 354 g/mol. The fraction of sp³-hybridized carbons (Fsp3) is 0.318. The van der Waals surface area contributed by atoms with Crippen molar-refractivity contribution in [3.05, 3.63) is 60.2 Å². The van der Waals surface area contributed by atoms with Crippen LogP contribution in [-0.2, 0) is 9.59 Å². The van der Waals surface area contributed by atoms with Gasteiger partial charge < -0.3 is 15.5 Å². The van der Waals surface area contributed by atoms with Gasteiger partial charge in [-0.2, -0.15) is 0 Å². The molecule has 2 aromatic carbocycles. The number of nitrogens with one attached hydrogen (secondary N) is 2. The summed E-state index contributed by atoms with van der Waals surface area (Å²) in [7, 11) is 0. The minimum Gasteiger partial charge on any atom is -0.352 e. The van der Waals surface area contributed by atoms with Crippen LogP contribution in [0.3, 0.4) is 0 Å². The summed E-state index contributed by atoms with van der Waals surface area (Å²) in [6.07, 6.45) is 0. The second kappa shape index (κ2) is 10.3. The fourth-order valence-electron chi connectivity index (χ4n) is 2.73. The number of hydrogen-bond acceptors (Lipinski definition) is 3. The molecule has 2 N–H and O–H groups in total. The van der Waals surface area contributed by atoms with Crippen LogP contribution in [0.15, 0.2) is 54.6 Å². The Kier molecular flexibility index (Phi) is 7.75. The summed E-state index contributed by atoms with van der Waals surface area (Å²) in [5.41, 5.74) is 2.57. The van der Waals surface area contributed by atoms with Gasteiger partial charge in [-0.3, -0.25) is 14.4 Å².